The van der Waals surface area contributed by atoms with Gasteiger partial charge in [0, 0.05) is 6.07 Å². The monoisotopic (exact) mass is 370 g/mol. The molecule has 0 N–H and O–H groups in total. The minimum Gasteiger partial charge on any atom is -0.456 e. The Bertz CT molecular complexity index is 1020. The van der Waals surface area contributed by atoms with Crippen molar-refractivity contribution in [2.45, 2.75) is 10.4 Å². The van der Waals surface area contributed by atoms with Crippen molar-refractivity contribution in [2.24, 2.45) is 0 Å². The Balaban J connectivity index is 2.47. The largest absolute Gasteiger partial charge is 0.501 e. The molecule has 5 nitrogen and oxygen atoms in total. The summed E-state index contributed by atoms with van der Waals surface area (Å²) in [5, 5.41) is 17.8. The van der Waals surface area contributed by atoms with Crippen molar-refractivity contribution in [3.8, 4) is 23.6 Å². The molecule has 0 atom stereocenters. The van der Waals surface area contributed by atoms with Crippen molar-refractivity contribution >= 4 is 9.84 Å². The highest BCUT2D eigenvalue weighted by Crippen LogP contribution is 2.34. The Labute approximate surface area is 139 Å². The fraction of sp³-hybridized carbons (Fsp3) is 0.0667. The summed E-state index contributed by atoms with van der Waals surface area (Å²) >= 11 is 0. The van der Waals surface area contributed by atoms with Gasteiger partial charge < -0.3 is 4.74 Å². The number of rotatable bonds is 3. The van der Waals surface area contributed by atoms with Crippen LogP contribution >= 0.6 is 0 Å². The van der Waals surface area contributed by atoms with Gasteiger partial charge in [0.1, 0.15) is 23.4 Å². The predicted molar refractivity (Wildman–Crippen MR) is 75.6 cm³/mol. The highest BCUT2D eigenvalue weighted by Gasteiger charge is 2.47. The maximum atomic E-state index is 13.4. The van der Waals surface area contributed by atoms with E-state index in [1.165, 1.54) is 6.07 Å². The lowest BCUT2D eigenvalue weighted by atomic mass is 10.2. The minimum atomic E-state index is -5.63. The molecule has 0 radical (unpaired) electrons. The van der Waals surface area contributed by atoms with Gasteiger partial charge in [-0.3, -0.25) is 0 Å². The van der Waals surface area contributed by atoms with Gasteiger partial charge in [-0.2, -0.15) is 23.7 Å². The molecule has 128 valence electrons. The lowest BCUT2D eigenvalue weighted by molar-refractivity contribution is -0.0436. The Morgan fingerprint density at radius 3 is 2.24 bits per heavy atom. The molecule has 0 unspecified atom stereocenters. The van der Waals surface area contributed by atoms with E-state index in [0.29, 0.717) is 12.1 Å². The molecule has 0 aliphatic rings. The fourth-order valence-corrected chi connectivity index (χ4v) is 2.59. The molecule has 2 aromatic carbocycles. The minimum absolute atomic E-state index is 0.0789. The average Bonchev–Trinajstić information content (AvgIpc) is 2.53. The zero-order valence-corrected chi connectivity index (χ0v) is 12.8. The molecular weight excluding hydrogens is 364 g/mol. The smallest absolute Gasteiger partial charge is 0.456 e. The summed E-state index contributed by atoms with van der Waals surface area (Å²) in [6.07, 6.45) is 0. The molecular formula is C15H6F4N2O3S. The summed E-state index contributed by atoms with van der Waals surface area (Å²) in [7, 11) is -5.63. The number of benzene rings is 2. The van der Waals surface area contributed by atoms with Crippen LogP contribution in [0.4, 0.5) is 17.6 Å². The van der Waals surface area contributed by atoms with Crippen LogP contribution in [0.1, 0.15) is 11.1 Å². The summed E-state index contributed by atoms with van der Waals surface area (Å²) in [5.74, 6) is -1.28. The first kappa shape index (κ1) is 18.2. The zero-order chi connectivity index (χ0) is 18.8. The summed E-state index contributed by atoms with van der Waals surface area (Å²) in [6, 6.07) is 8.11. The number of sulfone groups is 1. The van der Waals surface area contributed by atoms with Crippen molar-refractivity contribution in [3.63, 3.8) is 0 Å². The van der Waals surface area contributed by atoms with Crippen molar-refractivity contribution < 1.29 is 30.7 Å². The van der Waals surface area contributed by atoms with Gasteiger partial charge in [0.05, 0.1) is 22.1 Å². The highest BCUT2D eigenvalue weighted by atomic mass is 32.2. The Hall–Kier alpha value is -3.11. The van der Waals surface area contributed by atoms with Crippen LogP contribution in [0.25, 0.3) is 0 Å². The predicted octanol–water partition coefficient (Wildman–Crippen LogP) is 3.65. The van der Waals surface area contributed by atoms with Gasteiger partial charge in [-0.15, -0.1) is 0 Å². The van der Waals surface area contributed by atoms with Crippen molar-refractivity contribution in [3.05, 3.63) is 53.3 Å². The summed E-state index contributed by atoms with van der Waals surface area (Å²) in [6.45, 7) is 0. The second kappa shape index (κ2) is 6.42. The van der Waals surface area contributed by atoms with Gasteiger partial charge in [-0.25, -0.2) is 12.8 Å². The quantitative estimate of drug-likeness (QED) is 0.769. The molecule has 0 fully saturated rings. The molecule has 0 heterocycles. The van der Waals surface area contributed by atoms with E-state index in [0.717, 1.165) is 24.3 Å². The van der Waals surface area contributed by atoms with E-state index in [1.54, 1.807) is 6.07 Å². The molecule has 25 heavy (non-hydrogen) atoms. The molecule has 0 spiro atoms. The number of ether oxygens (including phenoxy) is 1. The van der Waals surface area contributed by atoms with Crippen LogP contribution in [0, 0.1) is 28.5 Å². The summed E-state index contributed by atoms with van der Waals surface area (Å²) in [5.41, 5.74) is -6.11. The summed E-state index contributed by atoms with van der Waals surface area (Å²) < 4.78 is 78.9. The van der Waals surface area contributed by atoms with E-state index in [2.05, 4.69) is 0 Å². The first-order chi connectivity index (χ1) is 11.6. The van der Waals surface area contributed by atoms with E-state index in [-0.39, 0.29) is 17.1 Å². The molecule has 0 saturated heterocycles. The van der Waals surface area contributed by atoms with Gasteiger partial charge in [-0.05, 0) is 30.3 Å². The van der Waals surface area contributed by atoms with Crippen LogP contribution < -0.4 is 4.74 Å². The lowest BCUT2D eigenvalue weighted by Crippen LogP contribution is -2.23. The number of hydrogen-bond donors (Lipinski definition) is 0. The van der Waals surface area contributed by atoms with Crippen LogP contribution in [0.2, 0.25) is 0 Å². The van der Waals surface area contributed by atoms with E-state index in [1.807, 2.05) is 0 Å². The SMILES string of the molecule is N#Cc1cc(F)cc(Oc2ccc(S(=O)(=O)C(F)(F)F)cc2C#N)c1. The Morgan fingerprint density at radius 2 is 1.68 bits per heavy atom. The standard InChI is InChI=1S/C15H6F4N2O3S/c16-11-3-9(7-20)4-12(6-11)24-14-2-1-13(5-10(14)8-21)25(22,23)15(17,18)19/h1-6H. The molecule has 0 aliphatic heterocycles. The number of halogens is 4. The molecule has 0 bridgehead atoms. The number of nitrogens with zero attached hydrogens (tertiary/aromatic N) is 2. The van der Waals surface area contributed by atoms with Gasteiger partial charge in [-0.1, -0.05) is 0 Å². The fourth-order valence-electron chi connectivity index (χ4n) is 1.80. The number of alkyl halides is 3. The van der Waals surface area contributed by atoms with E-state index < -0.39 is 31.6 Å². The zero-order valence-electron chi connectivity index (χ0n) is 12.0. The molecule has 0 aromatic heterocycles. The van der Waals surface area contributed by atoms with Gasteiger partial charge in [0.2, 0.25) is 0 Å². The van der Waals surface area contributed by atoms with Gasteiger partial charge >= 0.3 is 5.51 Å². The third-order valence-corrected chi connectivity index (χ3v) is 4.40. The second-order valence-corrected chi connectivity index (χ2v) is 6.55. The van der Waals surface area contributed by atoms with Gasteiger partial charge in [0.25, 0.3) is 9.84 Å². The maximum Gasteiger partial charge on any atom is 0.501 e. The van der Waals surface area contributed by atoms with Crippen molar-refractivity contribution in [1.82, 2.24) is 0 Å². The van der Waals surface area contributed by atoms with Crippen molar-refractivity contribution in [1.29, 1.82) is 10.5 Å². The molecule has 0 amide bonds. The number of nitriles is 2. The highest BCUT2D eigenvalue weighted by molar-refractivity contribution is 7.92. The van der Waals surface area contributed by atoms with Crippen LogP contribution in [0.3, 0.4) is 0 Å². The van der Waals surface area contributed by atoms with Crippen molar-refractivity contribution in [2.75, 3.05) is 0 Å². The Kier molecular flexibility index (Phi) is 4.68. The van der Waals surface area contributed by atoms with E-state index >= 15 is 0 Å². The second-order valence-electron chi connectivity index (χ2n) is 4.61. The first-order valence-corrected chi connectivity index (χ1v) is 7.81. The molecule has 2 aromatic rings. The summed E-state index contributed by atoms with van der Waals surface area (Å²) in [4.78, 5) is -1.12. The number of hydrogen-bond acceptors (Lipinski definition) is 5. The molecule has 0 aliphatic carbocycles. The van der Waals surface area contributed by atoms with Crippen LogP contribution in [0.5, 0.6) is 11.5 Å². The Morgan fingerprint density at radius 1 is 1.00 bits per heavy atom. The first-order valence-electron chi connectivity index (χ1n) is 6.32. The molecule has 10 heteroatoms. The van der Waals surface area contributed by atoms with Crippen LogP contribution in [-0.4, -0.2) is 13.9 Å². The molecule has 0 saturated carbocycles. The van der Waals surface area contributed by atoms with E-state index in [4.69, 9.17) is 15.3 Å². The van der Waals surface area contributed by atoms with Crippen LogP contribution in [-0.2, 0) is 9.84 Å². The molecule has 2 rings (SSSR count). The maximum absolute atomic E-state index is 13.4. The van der Waals surface area contributed by atoms with E-state index in [9.17, 15) is 26.0 Å². The van der Waals surface area contributed by atoms with Crippen LogP contribution in [0.15, 0.2) is 41.3 Å². The average molecular weight is 370 g/mol. The third-order valence-electron chi connectivity index (χ3n) is 2.91. The normalized spacial score (nSPS) is 11.4. The topological polar surface area (TPSA) is 90.9 Å². The third kappa shape index (κ3) is 3.70. The van der Waals surface area contributed by atoms with Gasteiger partial charge in [0.15, 0.2) is 0 Å². The lowest BCUT2D eigenvalue weighted by Gasteiger charge is -2.11.